The first kappa shape index (κ1) is 13.7. The van der Waals surface area contributed by atoms with E-state index in [0.29, 0.717) is 16.5 Å². The minimum absolute atomic E-state index is 0.0265. The van der Waals surface area contributed by atoms with Crippen molar-refractivity contribution < 1.29 is 4.92 Å². The molecule has 0 bridgehead atoms. The summed E-state index contributed by atoms with van der Waals surface area (Å²) in [5, 5.41) is 20.6. The van der Waals surface area contributed by atoms with Crippen molar-refractivity contribution in [1.29, 1.82) is 5.26 Å². The number of thioether (sulfide) groups is 1. The summed E-state index contributed by atoms with van der Waals surface area (Å²) in [5.74, 6) is 0.971. The highest BCUT2D eigenvalue weighted by Crippen LogP contribution is 2.31. The molecule has 1 aliphatic rings. The third-order valence-corrected chi connectivity index (χ3v) is 4.43. The third-order valence-electron chi connectivity index (χ3n) is 3.21. The Hall–Kier alpha value is -1.74. The summed E-state index contributed by atoms with van der Waals surface area (Å²) < 4.78 is 0. The Kier molecular flexibility index (Phi) is 4.27. The highest BCUT2D eigenvalue weighted by atomic mass is 32.2. The first-order valence-electron chi connectivity index (χ1n) is 6.17. The summed E-state index contributed by atoms with van der Waals surface area (Å²) in [6.45, 7) is 3.81. The van der Waals surface area contributed by atoms with Crippen molar-refractivity contribution in [1.82, 2.24) is 0 Å². The number of anilines is 1. The molecule has 1 aromatic rings. The Morgan fingerprint density at radius 3 is 3.00 bits per heavy atom. The van der Waals surface area contributed by atoms with Crippen LogP contribution in [-0.2, 0) is 0 Å². The van der Waals surface area contributed by atoms with Crippen LogP contribution in [0.4, 0.5) is 11.4 Å². The van der Waals surface area contributed by atoms with Gasteiger partial charge in [0.1, 0.15) is 5.69 Å². The molecule has 19 heavy (non-hydrogen) atoms. The monoisotopic (exact) mass is 277 g/mol. The van der Waals surface area contributed by atoms with E-state index in [1.165, 1.54) is 6.07 Å². The maximum Gasteiger partial charge on any atom is 0.293 e. The van der Waals surface area contributed by atoms with Gasteiger partial charge in [-0.1, -0.05) is 6.92 Å². The normalized spacial score (nSPS) is 19.6. The number of benzene rings is 1. The van der Waals surface area contributed by atoms with Crippen LogP contribution in [-0.4, -0.2) is 29.0 Å². The van der Waals surface area contributed by atoms with Crippen molar-refractivity contribution in [2.75, 3.05) is 23.7 Å². The van der Waals surface area contributed by atoms with Gasteiger partial charge in [-0.3, -0.25) is 10.1 Å². The van der Waals surface area contributed by atoms with Crippen LogP contribution < -0.4 is 4.90 Å². The largest absolute Gasteiger partial charge is 0.365 e. The molecule has 1 heterocycles. The lowest BCUT2D eigenvalue weighted by molar-refractivity contribution is -0.384. The van der Waals surface area contributed by atoms with Gasteiger partial charge in [0.05, 0.1) is 16.6 Å². The minimum Gasteiger partial charge on any atom is -0.365 e. The Balaban J connectivity index is 2.33. The average Bonchev–Trinajstić information content (AvgIpc) is 2.62. The number of hydrogen-bond donors (Lipinski definition) is 0. The van der Waals surface area contributed by atoms with Crippen LogP contribution in [0.3, 0.4) is 0 Å². The summed E-state index contributed by atoms with van der Waals surface area (Å²) in [7, 11) is 0. The molecule has 0 amide bonds. The molecule has 5 nitrogen and oxygen atoms in total. The molecule has 0 saturated carbocycles. The van der Waals surface area contributed by atoms with Gasteiger partial charge < -0.3 is 4.90 Å². The second kappa shape index (κ2) is 5.93. The van der Waals surface area contributed by atoms with Gasteiger partial charge in [0.25, 0.3) is 5.69 Å². The first-order valence-corrected chi connectivity index (χ1v) is 7.22. The average molecular weight is 277 g/mol. The standard InChI is InChI=1S/C13H15N3O2S/c1-10-4-5-15(6-7-19-10)12-3-2-11(9-14)8-13(12)16(17)18/h2-3,8,10H,4-7H2,1H3/t10-/m1/s1. The van der Waals surface area contributed by atoms with Crippen molar-refractivity contribution in [3.63, 3.8) is 0 Å². The van der Waals surface area contributed by atoms with E-state index in [1.807, 2.05) is 17.8 Å². The molecule has 100 valence electrons. The van der Waals surface area contributed by atoms with Crippen molar-refractivity contribution in [3.05, 3.63) is 33.9 Å². The van der Waals surface area contributed by atoms with Gasteiger partial charge in [0.15, 0.2) is 0 Å². The second-order valence-corrected chi connectivity index (χ2v) is 6.08. The van der Waals surface area contributed by atoms with Crippen molar-refractivity contribution >= 4 is 23.1 Å². The number of hydrogen-bond acceptors (Lipinski definition) is 5. The molecular weight excluding hydrogens is 262 g/mol. The molecular formula is C13H15N3O2S. The lowest BCUT2D eigenvalue weighted by Crippen LogP contribution is -2.26. The van der Waals surface area contributed by atoms with Crippen molar-refractivity contribution in [2.45, 2.75) is 18.6 Å². The molecule has 0 aliphatic carbocycles. The smallest absolute Gasteiger partial charge is 0.293 e. The zero-order valence-electron chi connectivity index (χ0n) is 10.7. The predicted molar refractivity (Wildman–Crippen MR) is 76.6 cm³/mol. The van der Waals surface area contributed by atoms with Gasteiger partial charge in [-0.2, -0.15) is 17.0 Å². The SMILES string of the molecule is C[C@@H]1CCN(c2ccc(C#N)cc2[N+](=O)[O-])CCS1. The predicted octanol–water partition coefficient (Wildman–Crippen LogP) is 2.80. The van der Waals surface area contributed by atoms with E-state index in [9.17, 15) is 10.1 Å². The fourth-order valence-corrected chi connectivity index (χ4v) is 3.14. The van der Waals surface area contributed by atoms with Crippen LogP contribution in [0.15, 0.2) is 18.2 Å². The summed E-state index contributed by atoms with van der Waals surface area (Å²) in [6.07, 6.45) is 1.02. The Labute approximate surface area is 116 Å². The van der Waals surface area contributed by atoms with Gasteiger partial charge in [0.2, 0.25) is 0 Å². The highest BCUT2D eigenvalue weighted by Gasteiger charge is 2.22. The van der Waals surface area contributed by atoms with E-state index in [0.717, 1.165) is 25.3 Å². The number of nitriles is 1. The number of nitro benzene ring substituents is 1. The fourth-order valence-electron chi connectivity index (χ4n) is 2.14. The summed E-state index contributed by atoms with van der Waals surface area (Å²) in [4.78, 5) is 12.8. The lowest BCUT2D eigenvalue weighted by atomic mass is 10.1. The summed E-state index contributed by atoms with van der Waals surface area (Å²) >= 11 is 1.90. The zero-order valence-corrected chi connectivity index (χ0v) is 11.5. The highest BCUT2D eigenvalue weighted by molar-refractivity contribution is 7.99. The Morgan fingerprint density at radius 1 is 1.53 bits per heavy atom. The van der Waals surface area contributed by atoms with E-state index in [2.05, 4.69) is 11.8 Å². The van der Waals surface area contributed by atoms with E-state index >= 15 is 0 Å². The second-order valence-electron chi connectivity index (χ2n) is 4.53. The Morgan fingerprint density at radius 2 is 2.32 bits per heavy atom. The van der Waals surface area contributed by atoms with Crippen LogP contribution in [0.1, 0.15) is 18.9 Å². The molecule has 6 heteroatoms. The maximum atomic E-state index is 11.1. The molecule has 2 rings (SSSR count). The molecule has 0 spiro atoms. The van der Waals surface area contributed by atoms with E-state index in [4.69, 9.17) is 5.26 Å². The molecule has 1 aliphatic heterocycles. The first-order chi connectivity index (χ1) is 9.11. The molecule has 1 atom stereocenters. The number of nitrogens with zero attached hydrogens (tertiary/aromatic N) is 3. The van der Waals surface area contributed by atoms with Gasteiger partial charge >= 0.3 is 0 Å². The van der Waals surface area contributed by atoms with E-state index in [1.54, 1.807) is 12.1 Å². The van der Waals surface area contributed by atoms with Gasteiger partial charge in [-0.05, 0) is 18.6 Å². The quantitative estimate of drug-likeness (QED) is 0.614. The van der Waals surface area contributed by atoms with Crippen LogP contribution in [0.25, 0.3) is 0 Å². The van der Waals surface area contributed by atoms with Crippen molar-refractivity contribution in [3.8, 4) is 6.07 Å². The maximum absolute atomic E-state index is 11.1. The number of rotatable bonds is 2. The van der Waals surface area contributed by atoms with Crippen molar-refractivity contribution in [2.24, 2.45) is 0 Å². The molecule has 1 saturated heterocycles. The van der Waals surface area contributed by atoms with Gasteiger partial charge in [-0.15, -0.1) is 0 Å². The summed E-state index contributed by atoms with van der Waals surface area (Å²) in [5.41, 5.74) is 0.977. The zero-order chi connectivity index (χ0) is 13.8. The van der Waals surface area contributed by atoms with Crippen LogP contribution in [0.2, 0.25) is 0 Å². The molecule has 0 aromatic heterocycles. The molecule has 0 radical (unpaired) electrons. The van der Waals surface area contributed by atoms with Crippen LogP contribution in [0.5, 0.6) is 0 Å². The van der Waals surface area contributed by atoms with E-state index in [-0.39, 0.29) is 5.69 Å². The molecule has 1 aromatic carbocycles. The molecule has 0 N–H and O–H groups in total. The molecule has 1 fully saturated rings. The lowest BCUT2D eigenvalue weighted by Gasteiger charge is -2.22. The van der Waals surface area contributed by atoms with Crippen LogP contribution in [0, 0.1) is 21.4 Å². The van der Waals surface area contributed by atoms with E-state index < -0.39 is 4.92 Å². The van der Waals surface area contributed by atoms with Gasteiger partial charge in [-0.25, -0.2) is 0 Å². The summed E-state index contributed by atoms with van der Waals surface area (Å²) in [6, 6.07) is 6.64. The fraction of sp³-hybridized carbons (Fsp3) is 0.462. The van der Waals surface area contributed by atoms with Gasteiger partial charge in [0, 0.05) is 30.2 Å². The van der Waals surface area contributed by atoms with Crippen LogP contribution >= 0.6 is 11.8 Å². The minimum atomic E-state index is -0.405. The topological polar surface area (TPSA) is 70.2 Å². The number of nitro groups is 1. The molecule has 0 unspecified atom stereocenters. The Bertz CT molecular complexity index is 527. The third kappa shape index (κ3) is 3.18.